The van der Waals surface area contributed by atoms with Gasteiger partial charge in [-0.05, 0) is 57.8 Å². The molecule has 1 fully saturated rings. The van der Waals surface area contributed by atoms with E-state index >= 15 is 0 Å². The van der Waals surface area contributed by atoms with Crippen molar-refractivity contribution in [2.45, 2.75) is 384 Å². The molecule has 0 aromatic heterocycles. The predicted molar refractivity (Wildman–Crippen MR) is 334 cm³/mol. The van der Waals surface area contributed by atoms with Crippen LogP contribution in [0.15, 0.2) is 24.3 Å². The molecule has 11 heteroatoms. The zero-order valence-corrected chi connectivity index (χ0v) is 52.3. The molecule has 1 saturated heterocycles. The molecule has 80 heavy (non-hydrogen) atoms. The Morgan fingerprint density at radius 3 is 1.20 bits per heavy atom. The Hall–Kier alpha value is -1.86. The Morgan fingerprint density at radius 2 is 0.800 bits per heavy atom. The van der Waals surface area contributed by atoms with Crippen LogP contribution in [0.5, 0.6) is 0 Å². The van der Waals surface area contributed by atoms with Crippen molar-refractivity contribution >= 4 is 11.9 Å². The van der Waals surface area contributed by atoms with Gasteiger partial charge in [0.25, 0.3) is 0 Å². The Bertz CT molecular complexity index is 1380. The summed E-state index contributed by atoms with van der Waals surface area (Å²) in [5.74, 6) is -0.176. The lowest BCUT2D eigenvalue weighted by atomic mass is 9.99. The van der Waals surface area contributed by atoms with Crippen LogP contribution in [0.25, 0.3) is 0 Å². The summed E-state index contributed by atoms with van der Waals surface area (Å²) in [6.07, 6.45) is 63.2. The number of carbonyl (C=O) groups is 2. The average molecular weight is 1130 g/mol. The van der Waals surface area contributed by atoms with Gasteiger partial charge in [-0.2, -0.15) is 0 Å². The van der Waals surface area contributed by atoms with Gasteiger partial charge in [-0.15, -0.1) is 0 Å². The van der Waals surface area contributed by atoms with Gasteiger partial charge in [0.2, 0.25) is 5.91 Å². The lowest BCUT2D eigenvalue weighted by Gasteiger charge is -2.40. The Balaban J connectivity index is 1.91. The number of ether oxygens (including phenoxy) is 3. The minimum absolute atomic E-state index is 0.00436. The Labute approximate surface area is 492 Å². The highest BCUT2D eigenvalue weighted by molar-refractivity contribution is 5.76. The van der Waals surface area contributed by atoms with Crippen molar-refractivity contribution in [1.29, 1.82) is 0 Å². The van der Waals surface area contributed by atoms with E-state index in [4.69, 9.17) is 14.2 Å². The molecule has 0 saturated carbocycles. The fourth-order valence-corrected chi connectivity index (χ4v) is 11.1. The standard InChI is InChI=1S/C69H131NO10/c1-3-5-7-9-11-13-14-15-16-27-31-34-37-41-45-49-53-57-65(74)78-58-54-50-46-42-38-35-32-29-26-24-22-20-18-17-19-21-23-25-28-30-33-36-40-44-48-52-56-64(73)70-61(62(72)55-51-47-43-39-12-10-8-6-4-2)60-79-69-68(77)67(76)66(75)63(59-71)80-69/h15-16,51,55,61-63,66-69,71-72,75-77H,3-14,17-50,52-54,56-60H2,1-2H3,(H,70,73)/b16-15-,55-51+. The monoisotopic (exact) mass is 1130 g/mol. The molecule has 0 bridgehead atoms. The third-order valence-corrected chi connectivity index (χ3v) is 16.6. The maximum atomic E-state index is 13.0. The zero-order chi connectivity index (χ0) is 58.0. The largest absolute Gasteiger partial charge is 0.466 e. The molecule has 1 heterocycles. The van der Waals surface area contributed by atoms with Crippen molar-refractivity contribution in [2.75, 3.05) is 19.8 Å². The summed E-state index contributed by atoms with van der Waals surface area (Å²) in [4.78, 5) is 25.1. The van der Waals surface area contributed by atoms with Gasteiger partial charge in [-0.3, -0.25) is 9.59 Å². The van der Waals surface area contributed by atoms with Crippen LogP contribution in [0.1, 0.15) is 341 Å². The van der Waals surface area contributed by atoms with Crippen LogP contribution in [0.3, 0.4) is 0 Å². The average Bonchev–Trinajstić information content (AvgIpc) is 3.46. The lowest BCUT2D eigenvalue weighted by molar-refractivity contribution is -0.302. The quantitative estimate of drug-likeness (QED) is 0.0195. The number of rotatable bonds is 61. The van der Waals surface area contributed by atoms with Crippen LogP contribution in [-0.2, 0) is 23.8 Å². The summed E-state index contributed by atoms with van der Waals surface area (Å²) in [6, 6.07) is -0.806. The number of aliphatic hydroxyl groups excluding tert-OH is 5. The molecule has 1 rings (SSSR count). The third-order valence-electron chi connectivity index (χ3n) is 16.6. The highest BCUT2D eigenvalue weighted by Gasteiger charge is 2.44. The molecule has 7 atom stereocenters. The van der Waals surface area contributed by atoms with Crippen LogP contribution in [0.2, 0.25) is 0 Å². The number of hydrogen-bond acceptors (Lipinski definition) is 10. The SMILES string of the molecule is CCCCCCCC/C=C\CCCCCCCCCC(=O)OCCCCCCCCCCCCCCCCCCCCCCCCCCCCC(=O)NC(COC1OC(CO)C(O)C(O)C1O)C(O)/C=C/CCCCCCCCC. The summed E-state index contributed by atoms with van der Waals surface area (Å²) >= 11 is 0. The van der Waals surface area contributed by atoms with E-state index in [1.165, 1.54) is 257 Å². The highest BCUT2D eigenvalue weighted by Crippen LogP contribution is 2.23. The molecular weight excluding hydrogens is 1000 g/mol. The molecule has 0 aliphatic carbocycles. The molecule has 0 spiro atoms. The summed E-state index contributed by atoms with van der Waals surface area (Å²) < 4.78 is 16.7. The molecule has 0 aromatic rings. The molecule has 1 aliphatic rings. The third kappa shape index (κ3) is 47.5. The van der Waals surface area contributed by atoms with Gasteiger partial charge in [-0.1, -0.05) is 295 Å². The van der Waals surface area contributed by atoms with Gasteiger partial charge in [0.1, 0.15) is 24.4 Å². The Morgan fingerprint density at radius 1 is 0.450 bits per heavy atom. The summed E-state index contributed by atoms with van der Waals surface area (Å²) in [5, 5.41) is 54.3. The van der Waals surface area contributed by atoms with Gasteiger partial charge in [0.15, 0.2) is 6.29 Å². The fourth-order valence-electron chi connectivity index (χ4n) is 11.1. The number of allylic oxidation sites excluding steroid dienone is 3. The molecule has 6 N–H and O–H groups in total. The molecule has 7 unspecified atom stereocenters. The van der Waals surface area contributed by atoms with E-state index in [0.717, 1.165) is 57.8 Å². The number of hydrogen-bond donors (Lipinski definition) is 6. The normalized spacial score (nSPS) is 18.4. The number of esters is 1. The van der Waals surface area contributed by atoms with E-state index in [-0.39, 0.29) is 18.5 Å². The summed E-state index contributed by atoms with van der Waals surface area (Å²) in [5.41, 5.74) is 0. The first kappa shape index (κ1) is 76.2. The van der Waals surface area contributed by atoms with Crippen molar-refractivity contribution in [3.05, 3.63) is 24.3 Å². The van der Waals surface area contributed by atoms with Crippen molar-refractivity contribution in [3.63, 3.8) is 0 Å². The molecular formula is C69H131NO10. The van der Waals surface area contributed by atoms with Crippen LogP contribution in [0, 0.1) is 0 Å². The van der Waals surface area contributed by atoms with E-state index in [1.807, 2.05) is 6.08 Å². The zero-order valence-electron chi connectivity index (χ0n) is 52.3. The molecule has 472 valence electrons. The number of amides is 1. The molecule has 0 radical (unpaired) electrons. The fraction of sp³-hybridized carbons (Fsp3) is 0.913. The van der Waals surface area contributed by atoms with Crippen LogP contribution in [0.4, 0.5) is 0 Å². The maximum absolute atomic E-state index is 13.0. The van der Waals surface area contributed by atoms with E-state index in [2.05, 4.69) is 31.3 Å². The van der Waals surface area contributed by atoms with Crippen LogP contribution in [-0.4, -0.2) is 100 Å². The second-order valence-electron chi connectivity index (χ2n) is 24.2. The number of carbonyl (C=O) groups excluding carboxylic acids is 2. The van der Waals surface area contributed by atoms with E-state index in [1.54, 1.807) is 6.08 Å². The first-order chi connectivity index (χ1) is 39.2. The number of unbranched alkanes of at least 4 members (excludes halogenated alkanes) is 45. The van der Waals surface area contributed by atoms with Gasteiger partial charge in [0, 0.05) is 12.8 Å². The van der Waals surface area contributed by atoms with E-state index in [9.17, 15) is 35.1 Å². The van der Waals surface area contributed by atoms with Crippen molar-refractivity contribution in [3.8, 4) is 0 Å². The molecule has 11 nitrogen and oxygen atoms in total. The van der Waals surface area contributed by atoms with Gasteiger partial charge >= 0.3 is 5.97 Å². The first-order valence-corrected chi connectivity index (χ1v) is 34.6. The topological polar surface area (TPSA) is 175 Å². The maximum Gasteiger partial charge on any atom is 0.305 e. The first-order valence-electron chi connectivity index (χ1n) is 34.6. The summed E-state index contributed by atoms with van der Waals surface area (Å²) in [7, 11) is 0. The number of nitrogens with one attached hydrogen (secondary N) is 1. The minimum Gasteiger partial charge on any atom is -0.466 e. The molecule has 0 aromatic carbocycles. The minimum atomic E-state index is -1.57. The van der Waals surface area contributed by atoms with E-state index in [0.29, 0.717) is 19.4 Å². The molecule has 1 aliphatic heterocycles. The summed E-state index contributed by atoms with van der Waals surface area (Å²) in [6.45, 7) is 4.34. The van der Waals surface area contributed by atoms with Crippen molar-refractivity contribution < 1.29 is 49.3 Å². The van der Waals surface area contributed by atoms with Crippen molar-refractivity contribution in [1.82, 2.24) is 5.32 Å². The number of aliphatic hydroxyl groups is 5. The van der Waals surface area contributed by atoms with Gasteiger partial charge in [-0.25, -0.2) is 0 Å². The van der Waals surface area contributed by atoms with Gasteiger partial charge in [0.05, 0.1) is 32.0 Å². The van der Waals surface area contributed by atoms with Crippen LogP contribution < -0.4 is 5.32 Å². The van der Waals surface area contributed by atoms with Crippen LogP contribution >= 0.6 is 0 Å². The van der Waals surface area contributed by atoms with Gasteiger partial charge < -0.3 is 45.1 Å². The highest BCUT2D eigenvalue weighted by atomic mass is 16.7. The smallest absolute Gasteiger partial charge is 0.305 e. The lowest BCUT2D eigenvalue weighted by Crippen LogP contribution is -2.60. The second-order valence-corrected chi connectivity index (χ2v) is 24.2. The Kier molecular flexibility index (Phi) is 56.1. The predicted octanol–water partition coefficient (Wildman–Crippen LogP) is 17.2. The molecule has 1 amide bonds. The van der Waals surface area contributed by atoms with E-state index < -0.39 is 49.5 Å². The van der Waals surface area contributed by atoms with Crippen molar-refractivity contribution in [2.24, 2.45) is 0 Å². The second kappa shape index (κ2) is 58.9.